The zero-order valence-corrected chi connectivity index (χ0v) is 9.63. The highest BCUT2D eigenvalue weighted by atomic mass is 35.7. The lowest BCUT2D eigenvalue weighted by molar-refractivity contribution is -2.00. The first-order chi connectivity index (χ1) is 6.63. The van der Waals surface area contributed by atoms with Gasteiger partial charge in [0.2, 0.25) is 0 Å². The standard InChI is InChI=1S/C6H13N4.ClHO4/c1-5(2)6-9(3)7-8-10(6)4;2-1(3,4)5/h5H,1-4H3;(H,2,3,4,5)/q+1;/p-1. The van der Waals surface area contributed by atoms with E-state index in [2.05, 4.69) is 24.3 Å². The molecule has 0 N–H and O–H groups in total. The Morgan fingerprint density at radius 1 is 1.27 bits per heavy atom. The van der Waals surface area contributed by atoms with Gasteiger partial charge in [0.15, 0.2) is 5.21 Å². The molecule has 1 aromatic rings. The van der Waals surface area contributed by atoms with Gasteiger partial charge in [-0.25, -0.2) is 18.6 Å². The van der Waals surface area contributed by atoms with E-state index in [1.165, 1.54) is 0 Å². The third-order valence-corrected chi connectivity index (χ3v) is 1.49. The number of halogens is 1. The van der Waals surface area contributed by atoms with Crippen molar-refractivity contribution in [1.82, 2.24) is 15.1 Å². The second kappa shape index (κ2) is 5.33. The van der Waals surface area contributed by atoms with Crippen LogP contribution in [0.25, 0.3) is 0 Å². The summed E-state index contributed by atoms with van der Waals surface area (Å²) < 4.78 is 37.6. The van der Waals surface area contributed by atoms with E-state index in [-0.39, 0.29) is 0 Å². The van der Waals surface area contributed by atoms with Gasteiger partial charge in [-0.2, -0.15) is 0 Å². The van der Waals surface area contributed by atoms with Crippen LogP contribution in [0.1, 0.15) is 25.6 Å². The van der Waals surface area contributed by atoms with Gasteiger partial charge in [0, 0.05) is 5.92 Å². The molecule has 15 heavy (non-hydrogen) atoms. The van der Waals surface area contributed by atoms with Crippen molar-refractivity contribution in [2.75, 3.05) is 0 Å². The van der Waals surface area contributed by atoms with Gasteiger partial charge in [0.05, 0.1) is 14.1 Å². The van der Waals surface area contributed by atoms with Gasteiger partial charge in [0.1, 0.15) is 5.21 Å². The maximum Gasteiger partial charge on any atom is 0.258 e. The molecule has 0 radical (unpaired) electrons. The number of rotatable bonds is 1. The van der Waals surface area contributed by atoms with Gasteiger partial charge < -0.3 is 0 Å². The minimum absolute atomic E-state index is 0.477. The van der Waals surface area contributed by atoms with E-state index >= 15 is 0 Å². The van der Waals surface area contributed by atoms with Gasteiger partial charge in [-0.3, -0.25) is 0 Å². The van der Waals surface area contributed by atoms with Crippen molar-refractivity contribution in [3.05, 3.63) is 5.82 Å². The lowest BCUT2D eigenvalue weighted by Gasteiger charge is -2.17. The van der Waals surface area contributed by atoms with Crippen molar-refractivity contribution < 1.29 is 33.6 Å². The van der Waals surface area contributed by atoms with Gasteiger partial charge in [-0.15, -0.1) is 14.9 Å². The average molecular weight is 241 g/mol. The zero-order valence-electron chi connectivity index (χ0n) is 8.88. The summed E-state index contributed by atoms with van der Waals surface area (Å²) in [5.41, 5.74) is 0. The van der Waals surface area contributed by atoms with Gasteiger partial charge in [-0.1, -0.05) is 18.5 Å². The lowest BCUT2D eigenvalue weighted by atomic mass is 10.2. The third kappa shape index (κ3) is 6.31. The topological polar surface area (TPSA) is 127 Å². The molecular formula is C6H13ClN4O4. The van der Waals surface area contributed by atoms with Crippen LogP contribution in [0.4, 0.5) is 0 Å². The van der Waals surface area contributed by atoms with E-state index < -0.39 is 10.2 Å². The smallest absolute Gasteiger partial charge is 0.222 e. The Morgan fingerprint density at radius 3 is 1.80 bits per heavy atom. The molecule has 9 heteroatoms. The van der Waals surface area contributed by atoms with E-state index in [9.17, 15) is 0 Å². The van der Waals surface area contributed by atoms with E-state index in [1.807, 2.05) is 14.1 Å². The molecule has 1 heterocycles. The highest BCUT2D eigenvalue weighted by Gasteiger charge is 2.17. The predicted octanol–water partition coefficient (Wildman–Crippen LogP) is -4.99. The molecule has 0 spiro atoms. The Morgan fingerprint density at radius 2 is 1.67 bits per heavy atom. The van der Waals surface area contributed by atoms with Crippen LogP contribution in [0.15, 0.2) is 0 Å². The van der Waals surface area contributed by atoms with Crippen LogP contribution in [-0.2, 0) is 14.1 Å². The number of nitrogens with zero attached hydrogens (tertiary/aromatic N) is 4. The lowest BCUT2D eigenvalue weighted by Crippen LogP contribution is -2.68. The summed E-state index contributed by atoms with van der Waals surface area (Å²) in [6, 6.07) is 0. The van der Waals surface area contributed by atoms with Crippen LogP contribution < -0.4 is 23.3 Å². The number of aryl methyl sites for hydroxylation is 2. The first-order valence-electron chi connectivity index (χ1n) is 4.00. The molecule has 1 rings (SSSR count). The van der Waals surface area contributed by atoms with Crippen molar-refractivity contribution in [2.45, 2.75) is 19.8 Å². The number of aromatic nitrogens is 4. The molecule has 0 bridgehead atoms. The first-order valence-corrected chi connectivity index (χ1v) is 5.24. The highest BCUT2D eigenvalue weighted by molar-refractivity contribution is 4.79. The van der Waals surface area contributed by atoms with Crippen LogP contribution in [0.2, 0.25) is 0 Å². The van der Waals surface area contributed by atoms with Gasteiger partial charge >= 0.3 is 0 Å². The second-order valence-electron chi connectivity index (χ2n) is 3.12. The fourth-order valence-corrected chi connectivity index (χ4v) is 1.17. The molecule has 88 valence electrons. The number of hydrogen-bond acceptors (Lipinski definition) is 6. The Kier molecular flexibility index (Phi) is 5.05. The van der Waals surface area contributed by atoms with E-state index in [1.54, 1.807) is 9.36 Å². The van der Waals surface area contributed by atoms with Crippen LogP contribution in [-0.4, -0.2) is 15.1 Å². The Bertz CT molecular complexity index is 283. The summed E-state index contributed by atoms with van der Waals surface area (Å²) in [4.78, 5) is 0. The zero-order chi connectivity index (χ0) is 12.2. The second-order valence-corrected chi connectivity index (χ2v) is 3.87. The van der Waals surface area contributed by atoms with E-state index in [4.69, 9.17) is 18.6 Å². The quantitative estimate of drug-likeness (QED) is 0.452. The Labute approximate surface area is 89.1 Å². The maximum atomic E-state index is 8.49. The summed E-state index contributed by atoms with van der Waals surface area (Å²) in [5.74, 6) is 1.62. The number of tetrazole rings is 1. The molecule has 0 amide bonds. The monoisotopic (exact) mass is 240 g/mol. The SMILES string of the molecule is CC(C)c1n(C)nn[n+]1C.[O-][Cl+3]([O-])([O-])[O-]. The van der Waals surface area contributed by atoms with Crippen molar-refractivity contribution in [3.8, 4) is 0 Å². The third-order valence-electron chi connectivity index (χ3n) is 1.49. The first kappa shape index (κ1) is 14.2. The molecule has 0 aliphatic rings. The summed E-state index contributed by atoms with van der Waals surface area (Å²) in [6.07, 6.45) is 0. The Balaban J connectivity index is 0.000000336. The molecular weight excluding hydrogens is 228 g/mol. The minimum Gasteiger partial charge on any atom is -0.222 e. The fraction of sp³-hybridized carbons (Fsp3) is 0.833. The molecule has 1 aromatic heterocycles. The maximum absolute atomic E-state index is 8.49. The van der Waals surface area contributed by atoms with Crippen molar-refractivity contribution in [1.29, 1.82) is 0 Å². The minimum atomic E-state index is -4.94. The molecule has 0 unspecified atom stereocenters. The summed E-state index contributed by atoms with van der Waals surface area (Å²) in [7, 11) is -1.13. The van der Waals surface area contributed by atoms with Crippen LogP contribution >= 0.6 is 0 Å². The summed E-state index contributed by atoms with van der Waals surface area (Å²) in [5, 5.41) is 7.73. The van der Waals surface area contributed by atoms with Crippen molar-refractivity contribution >= 4 is 0 Å². The fourth-order valence-electron chi connectivity index (χ4n) is 1.17. The van der Waals surface area contributed by atoms with E-state index in [0.717, 1.165) is 5.82 Å². The van der Waals surface area contributed by atoms with E-state index in [0.29, 0.717) is 5.92 Å². The summed E-state index contributed by atoms with van der Waals surface area (Å²) >= 11 is 0. The molecule has 0 aliphatic heterocycles. The average Bonchev–Trinajstić information content (AvgIpc) is 2.26. The van der Waals surface area contributed by atoms with Crippen LogP contribution in [0.5, 0.6) is 0 Å². The van der Waals surface area contributed by atoms with Gasteiger partial charge in [-0.05, 0) is 0 Å². The van der Waals surface area contributed by atoms with Gasteiger partial charge in [0.25, 0.3) is 5.82 Å². The van der Waals surface area contributed by atoms with Crippen molar-refractivity contribution in [3.63, 3.8) is 0 Å². The van der Waals surface area contributed by atoms with Crippen molar-refractivity contribution in [2.24, 2.45) is 14.1 Å². The Hall–Kier alpha value is -0.800. The largest absolute Gasteiger partial charge is 0.258 e. The van der Waals surface area contributed by atoms with Crippen LogP contribution in [0.3, 0.4) is 0 Å². The molecule has 0 aromatic carbocycles. The number of hydrogen-bond donors (Lipinski definition) is 0. The molecule has 0 saturated carbocycles. The summed E-state index contributed by atoms with van der Waals surface area (Å²) in [6.45, 7) is 4.25. The molecule has 0 atom stereocenters. The predicted molar refractivity (Wildman–Crippen MR) is 36.3 cm³/mol. The molecule has 0 aliphatic carbocycles. The molecule has 0 saturated heterocycles. The molecule has 0 fully saturated rings. The van der Waals surface area contributed by atoms with Crippen LogP contribution in [0, 0.1) is 10.2 Å². The normalized spacial score (nSPS) is 11.3. The highest BCUT2D eigenvalue weighted by Crippen LogP contribution is 2.04. The molecule has 8 nitrogen and oxygen atoms in total.